The van der Waals surface area contributed by atoms with Crippen LogP contribution in [0.2, 0.25) is 0 Å². The molecule has 1 heterocycles. The fourth-order valence-corrected chi connectivity index (χ4v) is 3.87. The summed E-state index contributed by atoms with van der Waals surface area (Å²) in [5.41, 5.74) is 3.09. The van der Waals surface area contributed by atoms with Crippen LogP contribution in [-0.2, 0) is 11.2 Å². The zero-order valence-electron chi connectivity index (χ0n) is 20.5. The van der Waals surface area contributed by atoms with Crippen LogP contribution in [0.1, 0.15) is 39.9 Å². The molecule has 1 aromatic heterocycles. The van der Waals surface area contributed by atoms with Crippen LogP contribution in [0.15, 0.2) is 60.7 Å². The molecule has 2 atom stereocenters. The lowest BCUT2D eigenvalue weighted by molar-refractivity contribution is -0.147. The molecule has 0 aliphatic carbocycles. The van der Waals surface area contributed by atoms with Gasteiger partial charge in [-0.25, -0.2) is 9.80 Å². The van der Waals surface area contributed by atoms with Gasteiger partial charge in [-0.15, -0.1) is 0 Å². The summed E-state index contributed by atoms with van der Waals surface area (Å²) in [6.45, 7) is 2.26. The first-order valence-electron chi connectivity index (χ1n) is 11.6. The number of carbonyl (C=O) groups is 3. The molecule has 0 fully saturated rings. The number of rotatable bonds is 11. The summed E-state index contributed by atoms with van der Waals surface area (Å²) in [6, 6.07) is 18.2. The Labute approximate surface area is 209 Å². The highest BCUT2D eigenvalue weighted by Gasteiger charge is 2.25. The third kappa shape index (κ3) is 6.77. The molecule has 0 saturated carbocycles. The van der Waals surface area contributed by atoms with Crippen molar-refractivity contribution in [3.8, 4) is 11.1 Å². The number of hydrogen-bond donors (Lipinski definition) is 4. The van der Waals surface area contributed by atoms with E-state index < -0.39 is 24.0 Å². The highest BCUT2D eigenvalue weighted by molar-refractivity contribution is 5.97. The minimum absolute atomic E-state index is 0.0117. The van der Waals surface area contributed by atoms with E-state index in [1.807, 2.05) is 61.5 Å². The lowest BCUT2D eigenvalue weighted by atomic mass is 9.97. The molecule has 3 aromatic rings. The van der Waals surface area contributed by atoms with E-state index in [1.54, 1.807) is 19.1 Å². The lowest BCUT2D eigenvalue weighted by Crippen LogP contribution is -2.41. The number of nitrogens with zero attached hydrogens (tertiary/aromatic N) is 3. The van der Waals surface area contributed by atoms with Crippen LogP contribution in [0.5, 0.6) is 0 Å². The number of aromatic amines is 1. The van der Waals surface area contributed by atoms with Crippen molar-refractivity contribution in [3.05, 3.63) is 77.6 Å². The SMILES string of the molecule is CCN(C(=O)c1cc(C(=O)NC(Cc2ccc(-c3ccccc3)cc2)CC(O)C(=O)O)n[nH]1)N(C)C. The number of carbonyl (C=O) groups excluding carboxylic acids is 2. The summed E-state index contributed by atoms with van der Waals surface area (Å²) >= 11 is 0. The van der Waals surface area contributed by atoms with Crippen molar-refractivity contribution in [2.24, 2.45) is 0 Å². The standard InChI is InChI=1S/C26H31N5O5/c1-4-31(30(2)3)25(34)22-16-21(28-29-22)24(33)27-20(15-23(32)26(35)36)14-17-10-12-19(13-11-17)18-8-6-5-7-9-18/h5-13,16,20,23,32H,4,14-15H2,1-3H3,(H,27,33)(H,28,29)(H,35,36). The topological polar surface area (TPSA) is 139 Å². The van der Waals surface area contributed by atoms with E-state index >= 15 is 0 Å². The molecule has 2 unspecified atom stereocenters. The summed E-state index contributed by atoms with van der Waals surface area (Å²) in [7, 11) is 3.46. The quantitative estimate of drug-likeness (QED) is 0.300. The van der Waals surface area contributed by atoms with E-state index in [-0.39, 0.29) is 23.7 Å². The number of aliphatic hydroxyl groups is 1. The Morgan fingerprint density at radius 1 is 1.03 bits per heavy atom. The van der Waals surface area contributed by atoms with Gasteiger partial charge in [0, 0.05) is 39.2 Å². The number of hydrazine groups is 1. The molecule has 0 saturated heterocycles. The van der Waals surface area contributed by atoms with Crippen molar-refractivity contribution >= 4 is 17.8 Å². The van der Waals surface area contributed by atoms with Crippen LogP contribution in [-0.4, -0.2) is 81.0 Å². The molecule has 2 amide bonds. The molecule has 0 aliphatic rings. The molecule has 4 N–H and O–H groups in total. The predicted octanol–water partition coefficient (Wildman–Crippen LogP) is 2.19. The molecule has 10 heteroatoms. The van der Waals surface area contributed by atoms with Gasteiger partial charge in [-0.3, -0.25) is 19.7 Å². The number of carboxylic acid groups (broad SMARTS) is 1. The van der Waals surface area contributed by atoms with Gasteiger partial charge in [-0.05, 0) is 30.0 Å². The molecule has 0 aliphatic heterocycles. The number of aromatic nitrogens is 2. The lowest BCUT2D eigenvalue weighted by Gasteiger charge is -2.26. The van der Waals surface area contributed by atoms with Crippen LogP contribution >= 0.6 is 0 Å². The Morgan fingerprint density at radius 2 is 1.67 bits per heavy atom. The van der Waals surface area contributed by atoms with E-state index in [0.29, 0.717) is 13.0 Å². The van der Waals surface area contributed by atoms with Crippen molar-refractivity contribution in [3.63, 3.8) is 0 Å². The molecule has 0 bridgehead atoms. The monoisotopic (exact) mass is 493 g/mol. The maximum Gasteiger partial charge on any atom is 0.332 e. The molecule has 36 heavy (non-hydrogen) atoms. The van der Waals surface area contributed by atoms with E-state index in [2.05, 4.69) is 15.5 Å². The maximum atomic E-state index is 12.9. The van der Waals surface area contributed by atoms with Crippen LogP contribution in [0.3, 0.4) is 0 Å². The fourth-order valence-electron chi connectivity index (χ4n) is 3.87. The first kappa shape index (κ1) is 26.6. The van der Waals surface area contributed by atoms with Crippen molar-refractivity contribution in [2.75, 3.05) is 20.6 Å². The van der Waals surface area contributed by atoms with Crippen LogP contribution in [0.25, 0.3) is 11.1 Å². The zero-order chi connectivity index (χ0) is 26.2. The molecule has 0 radical (unpaired) electrons. The number of carboxylic acids is 1. The smallest absolute Gasteiger partial charge is 0.332 e. The van der Waals surface area contributed by atoms with E-state index in [9.17, 15) is 19.5 Å². The van der Waals surface area contributed by atoms with Gasteiger partial charge in [0.2, 0.25) is 0 Å². The average molecular weight is 494 g/mol. The molecular formula is C26H31N5O5. The number of benzene rings is 2. The van der Waals surface area contributed by atoms with Gasteiger partial charge in [0.1, 0.15) is 5.69 Å². The summed E-state index contributed by atoms with van der Waals surface area (Å²) in [6.07, 6.45) is -1.54. The Balaban J connectivity index is 1.74. The van der Waals surface area contributed by atoms with Crippen molar-refractivity contribution in [1.82, 2.24) is 25.5 Å². The third-order valence-corrected chi connectivity index (χ3v) is 5.73. The second-order valence-electron chi connectivity index (χ2n) is 8.56. The van der Waals surface area contributed by atoms with Gasteiger partial charge in [0.15, 0.2) is 11.8 Å². The second kappa shape index (κ2) is 12.1. The van der Waals surface area contributed by atoms with Gasteiger partial charge < -0.3 is 15.5 Å². The summed E-state index contributed by atoms with van der Waals surface area (Å²) in [5, 5.41) is 31.5. The first-order chi connectivity index (χ1) is 17.2. The van der Waals surface area contributed by atoms with Gasteiger partial charge in [0.05, 0.1) is 0 Å². The fraction of sp³-hybridized carbons (Fsp3) is 0.308. The zero-order valence-corrected chi connectivity index (χ0v) is 20.5. The Hall–Kier alpha value is -4.02. The number of amides is 2. The van der Waals surface area contributed by atoms with Gasteiger partial charge in [-0.2, -0.15) is 5.10 Å². The van der Waals surface area contributed by atoms with Gasteiger partial charge in [-0.1, -0.05) is 54.6 Å². The summed E-state index contributed by atoms with van der Waals surface area (Å²) in [4.78, 5) is 36.8. The molecular weight excluding hydrogens is 462 g/mol. The summed E-state index contributed by atoms with van der Waals surface area (Å²) < 4.78 is 0. The summed E-state index contributed by atoms with van der Waals surface area (Å²) in [5.74, 6) is -2.29. The Kier molecular flexibility index (Phi) is 8.93. The van der Waals surface area contributed by atoms with Crippen molar-refractivity contribution in [2.45, 2.75) is 31.9 Å². The molecule has 2 aromatic carbocycles. The van der Waals surface area contributed by atoms with Gasteiger partial charge >= 0.3 is 5.97 Å². The number of aliphatic carboxylic acids is 1. The van der Waals surface area contributed by atoms with Gasteiger partial charge in [0.25, 0.3) is 11.8 Å². The van der Waals surface area contributed by atoms with Crippen LogP contribution in [0, 0.1) is 0 Å². The van der Waals surface area contributed by atoms with Crippen molar-refractivity contribution in [1.29, 1.82) is 0 Å². The Morgan fingerprint density at radius 3 is 2.25 bits per heavy atom. The first-order valence-corrected chi connectivity index (χ1v) is 11.6. The number of H-pyrrole nitrogens is 1. The molecule has 3 rings (SSSR count). The largest absolute Gasteiger partial charge is 0.479 e. The van der Waals surface area contributed by atoms with Crippen molar-refractivity contribution < 1.29 is 24.6 Å². The number of nitrogens with one attached hydrogen (secondary N) is 2. The number of hydrogen-bond acceptors (Lipinski definition) is 6. The predicted molar refractivity (Wildman–Crippen MR) is 134 cm³/mol. The molecule has 0 spiro atoms. The van der Waals surface area contributed by atoms with Crippen LogP contribution < -0.4 is 5.32 Å². The van der Waals surface area contributed by atoms with E-state index in [4.69, 9.17) is 5.11 Å². The third-order valence-electron chi connectivity index (χ3n) is 5.73. The number of aliphatic hydroxyl groups excluding tert-OH is 1. The molecule has 10 nitrogen and oxygen atoms in total. The highest BCUT2D eigenvalue weighted by Crippen LogP contribution is 2.20. The van der Waals surface area contributed by atoms with E-state index in [0.717, 1.165) is 16.7 Å². The minimum Gasteiger partial charge on any atom is -0.479 e. The van der Waals surface area contributed by atoms with Crippen LogP contribution in [0.4, 0.5) is 0 Å². The van der Waals surface area contributed by atoms with E-state index in [1.165, 1.54) is 11.1 Å². The normalized spacial score (nSPS) is 12.7. The maximum absolute atomic E-state index is 12.9. The minimum atomic E-state index is -1.64. The average Bonchev–Trinajstić information content (AvgIpc) is 3.36. The highest BCUT2D eigenvalue weighted by atomic mass is 16.4. The second-order valence-corrected chi connectivity index (χ2v) is 8.56. The molecule has 190 valence electrons. The Bertz CT molecular complexity index is 1180.